The molecule has 0 spiro atoms. The Morgan fingerprint density at radius 2 is 1.89 bits per heavy atom. The standard InChI is InChI=1S/C19H23FN6S/c1-13-18(21-19(27)24(3)12-17-9-10-25(4)23-17)14(2)26(22-13)11-15-5-7-16(20)8-6-15/h5-10H,11-12H2,1-4H3,(H,21,27). The zero-order chi connectivity index (χ0) is 19.6. The Morgan fingerprint density at radius 1 is 1.19 bits per heavy atom. The average molecular weight is 387 g/mol. The molecular weight excluding hydrogens is 363 g/mol. The summed E-state index contributed by atoms with van der Waals surface area (Å²) in [5.74, 6) is -0.240. The summed E-state index contributed by atoms with van der Waals surface area (Å²) in [6, 6.07) is 8.43. The number of halogens is 1. The van der Waals surface area contributed by atoms with Crippen LogP contribution < -0.4 is 5.32 Å². The van der Waals surface area contributed by atoms with Crippen molar-refractivity contribution in [2.45, 2.75) is 26.9 Å². The van der Waals surface area contributed by atoms with Crippen LogP contribution in [-0.4, -0.2) is 36.6 Å². The minimum Gasteiger partial charge on any atom is -0.346 e. The maximum absolute atomic E-state index is 13.1. The van der Waals surface area contributed by atoms with E-state index in [-0.39, 0.29) is 5.82 Å². The highest BCUT2D eigenvalue weighted by molar-refractivity contribution is 7.80. The monoisotopic (exact) mass is 386 g/mol. The number of nitrogens with one attached hydrogen (secondary N) is 1. The third-order valence-corrected chi connectivity index (χ3v) is 4.79. The van der Waals surface area contributed by atoms with Crippen LogP contribution >= 0.6 is 12.2 Å². The Kier molecular flexibility index (Phi) is 5.55. The first-order valence-electron chi connectivity index (χ1n) is 8.62. The number of hydrogen-bond donors (Lipinski definition) is 1. The lowest BCUT2D eigenvalue weighted by Crippen LogP contribution is -2.31. The van der Waals surface area contributed by atoms with E-state index in [9.17, 15) is 4.39 Å². The number of aromatic nitrogens is 4. The van der Waals surface area contributed by atoms with Crippen molar-refractivity contribution in [3.05, 3.63) is 65.0 Å². The second kappa shape index (κ2) is 7.87. The first kappa shape index (κ1) is 19.0. The average Bonchev–Trinajstić information content (AvgIpc) is 3.14. The first-order valence-corrected chi connectivity index (χ1v) is 9.03. The Labute approximate surface area is 163 Å². The van der Waals surface area contributed by atoms with E-state index in [0.717, 1.165) is 28.3 Å². The molecule has 3 aromatic rings. The van der Waals surface area contributed by atoms with Gasteiger partial charge < -0.3 is 10.2 Å². The molecule has 0 aliphatic rings. The van der Waals surface area contributed by atoms with Crippen LogP contribution in [0.5, 0.6) is 0 Å². The smallest absolute Gasteiger partial charge is 0.173 e. The lowest BCUT2D eigenvalue weighted by molar-refractivity contribution is 0.495. The molecule has 1 aromatic carbocycles. The Bertz CT molecular complexity index is 944. The van der Waals surface area contributed by atoms with Gasteiger partial charge in [0.25, 0.3) is 0 Å². The second-order valence-corrected chi connectivity index (χ2v) is 6.98. The molecule has 142 valence electrons. The van der Waals surface area contributed by atoms with Gasteiger partial charge in [-0.15, -0.1) is 0 Å². The molecule has 27 heavy (non-hydrogen) atoms. The summed E-state index contributed by atoms with van der Waals surface area (Å²) in [6.07, 6.45) is 1.91. The van der Waals surface area contributed by atoms with E-state index in [1.807, 2.05) is 49.8 Å². The van der Waals surface area contributed by atoms with Gasteiger partial charge in [-0.05, 0) is 49.8 Å². The normalized spacial score (nSPS) is 10.9. The summed E-state index contributed by atoms with van der Waals surface area (Å²) in [5.41, 5.74) is 4.68. The molecule has 2 heterocycles. The summed E-state index contributed by atoms with van der Waals surface area (Å²) < 4.78 is 16.8. The molecule has 0 atom stereocenters. The summed E-state index contributed by atoms with van der Waals surface area (Å²) in [7, 11) is 3.82. The topological polar surface area (TPSA) is 50.9 Å². The fraction of sp³-hybridized carbons (Fsp3) is 0.316. The van der Waals surface area contributed by atoms with Gasteiger partial charge in [0.05, 0.1) is 35.9 Å². The number of anilines is 1. The van der Waals surface area contributed by atoms with Gasteiger partial charge in [0, 0.05) is 20.3 Å². The van der Waals surface area contributed by atoms with Crippen LogP contribution in [0.15, 0.2) is 36.5 Å². The fourth-order valence-corrected chi connectivity index (χ4v) is 3.03. The van der Waals surface area contributed by atoms with Gasteiger partial charge in [-0.2, -0.15) is 10.2 Å². The van der Waals surface area contributed by atoms with Crippen LogP contribution in [0, 0.1) is 19.7 Å². The summed E-state index contributed by atoms with van der Waals surface area (Å²) in [5, 5.41) is 12.9. The van der Waals surface area contributed by atoms with Crippen molar-refractivity contribution in [1.29, 1.82) is 0 Å². The lowest BCUT2D eigenvalue weighted by atomic mass is 10.2. The Morgan fingerprint density at radius 3 is 2.52 bits per heavy atom. The van der Waals surface area contributed by atoms with Crippen molar-refractivity contribution in [3.63, 3.8) is 0 Å². The number of hydrogen-bond acceptors (Lipinski definition) is 3. The molecule has 0 fully saturated rings. The van der Waals surface area contributed by atoms with Gasteiger partial charge >= 0.3 is 0 Å². The first-order chi connectivity index (χ1) is 12.8. The predicted octanol–water partition coefficient (Wildman–Crippen LogP) is 3.25. The van der Waals surface area contributed by atoms with E-state index >= 15 is 0 Å². The van der Waals surface area contributed by atoms with Crippen LogP contribution in [0.3, 0.4) is 0 Å². The maximum atomic E-state index is 13.1. The van der Waals surface area contributed by atoms with E-state index in [1.54, 1.807) is 16.8 Å². The molecule has 0 amide bonds. The van der Waals surface area contributed by atoms with Crippen LogP contribution in [0.1, 0.15) is 22.6 Å². The molecule has 0 saturated heterocycles. The maximum Gasteiger partial charge on any atom is 0.173 e. The molecule has 0 saturated carbocycles. The number of aryl methyl sites for hydroxylation is 2. The van der Waals surface area contributed by atoms with Crippen LogP contribution in [-0.2, 0) is 20.1 Å². The highest BCUT2D eigenvalue weighted by Gasteiger charge is 2.15. The molecule has 0 radical (unpaired) electrons. The quantitative estimate of drug-likeness (QED) is 0.682. The van der Waals surface area contributed by atoms with Crippen molar-refractivity contribution < 1.29 is 4.39 Å². The van der Waals surface area contributed by atoms with Crippen LogP contribution in [0.2, 0.25) is 0 Å². The van der Waals surface area contributed by atoms with Crippen molar-refractivity contribution >= 4 is 23.0 Å². The van der Waals surface area contributed by atoms with Crippen LogP contribution in [0.4, 0.5) is 10.1 Å². The third-order valence-electron chi connectivity index (χ3n) is 4.37. The number of benzene rings is 1. The largest absolute Gasteiger partial charge is 0.346 e. The molecular formula is C19H23FN6S. The molecule has 0 aliphatic carbocycles. The molecule has 0 bridgehead atoms. The highest BCUT2D eigenvalue weighted by Crippen LogP contribution is 2.21. The van der Waals surface area contributed by atoms with Gasteiger partial charge in [-0.3, -0.25) is 9.36 Å². The lowest BCUT2D eigenvalue weighted by Gasteiger charge is -2.20. The van der Waals surface area contributed by atoms with Crippen molar-refractivity contribution in [1.82, 2.24) is 24.5 Å². The molecule has 2 aromatic heterocycles. The minimum absolute atomic E-state index is 0.240. The Balaban J connectivity index is 1.70. The molecule has 1 N–H and O–H groups in total. The van der Waals surface area contributed by atoms with Crippen molar-refractivity contribution in [2.75, 3.05) is 12.4 Å². The summed E-state index contributed by atoms with van der Waals surface area (Å²) >= 11 is 5.54. The van der Waals surface area contributed by atoms with Crippen LogP contribution in [0.25, 0.3) is 0 Å². The van der Waals surface area contributed by atoms with Crippen molar-refractivity contribution in [2.24, 2.45) is 7.05 Å². The van der Waals surface area contributed by atoms with E-state index in [4.69, 9.17) is 12.2 Å². The van der Waals surface area contributed by atoms with E-state index in [1.165, 1.54) is 12.1 Å². The molecule has 0 unspecified atom stereocenters. The fourth-order valence-electron chi connectivity index (χ4n) is 2.86. The molecule has 6 nitrogen and oxygen atoms in total. The zero-order valence-electron chi connectivity index (χ0n) is 15.9. The predicted molar refractivity (Wildman–Crippen MR) is 108 cm³/mol. The number of nitrogens with zero attached hydrogens (tertiary/aromatic N) is 5. The zero-order valence-corrected chi connectivity index (χ0v) is 16.7. The molecule has 3 rings (SSSR count). The highest BCUT2D eigenvalue weighted by atomic mass is 32.1. The second-order valence-electron chi connectivity index (χ2n) is 6.60. The summed E-state index contributed by atoms with van der Waals surface area (Å²) in [6.45, 7) is 5.13. The Hall–Kier alpha value is -2.74. The van der Waals surface area contributed by atoms with Crippen molar-refractivity contribution in [3.8, 4) is 0 Å². The minimum atomic E-state index is -0.240. The van der Waals surface area contributed by atoms with Gasteiger partial charge in [0.2, 0.25) is 0 Å². The number of rotatable bonds is 5. The summed E-state index contributed by atoms with van der Waals surface area (Å²) in [4.78, 5) is 1.94. The van der Waals surface area contributed by atoms with Gasteiger partial charge in [0.1, 0.15) is 5.82 Å². The molecule has 0 aliphatic heterocycles. The number of thiocarbonyl (C=S) groups is 1. The third kappa shape index (κ3) is 4.51. The molecule has 8 heteroatoms. The van der Waals surface area contributed by atoms with Gasteiger partial charge in [-0.1, -0.05) is 12.1 Å². The van der Waals surface area contributed by atoms with E-state index < -0.39 is 0 Å². The van der Waals surface area contributed by atoms with E-state index in [0.29, 0.717) is 18.2 Å². The van der Waals surface area contributed by atoms with E-state index in [2.05, 4.69) is 15.5 Å². The van der Waals surface area contributed by atoms with Gasteiger partial charge in [0.15, 0.2) is 5.11 Å². The van der Waals surface area contributed by atoms with Gasteiger partial charge in [-0.25, -0.2) is 4.39 Å². The SMILES string of the molecule is Cc1nn(Cc2ccc(F)cc2)c(C)c1NC(=S)N(C)Cc1ccn(C)n1.